The summed E-state index contributed by atoms with van der Waals surface area (Å²) in [5, 5.41) is 0. The van der Waals surface area contributed by atoms with Crippen LogP contribution in [0.5, 0.6) is 0 Å². The summed E-state index contributed by atoms with van der Waals surface area (Å²) in [6.45, 7) is -0.157. The van der Waals surface area contributed by atoms with Gasteiger partial charge < -0.3 is 4.90 Å². The van der Waals surface area contributed by atoms with Crippen molar-refractivity contribution in [2.24, 2.45) is 0 Å². The fourth-order valence-corrected chi connectivity index (χ4v) is 3.14. The van der Waals surface area contributed by atoms with Gasteiger partial charge in [-0.3, -0.25) is 4.79 Å². The van der Waals surface area contributed by atoms with Gasteiger partial charge >= 0.3 is 0 Å². The molecule has 0 aliphatic rings. The number of benzene rings is 1. The van der Waals surface area contributed by atoms with E-state index in [4.69, 9.17) is 10.7 Å². The first-order chi connectivity index (χ1) is 9.42. The number of rotatable bonds is 5. The van der Waals surface area contributed by atoms with E-state index >= 15 is 0 Å². The third-order valence-corrected chi connectivity index (χ3v) is 4.88. The quantitative estimate of drug-likeness (QED) is 0.729. The van der Waals surface area contributed by atoms with E-state index in [-0.39, 0.29) is 12.3 Å². The van der Waals surface area contributed by atoms with E-state index in [2.05, 4.69) is 0 Å². The highest BCUT2D eigenvalue weighted by Crippen LogP contribution is 2.22. The zero-order valence-corrected chi connectivity index (χ0v) is 13.6. The average Bonchev–Trinajstić information content (AvgIpc) is 2.32. The van der Waals surface area contributed by atoms with E-state index in [1.807, 2.05) is 0 Å². The number of sulfone groups is 1. The maximum Gasteiger partial charge on any atom is 0.262 e. The molecule has 6 nitrogen and oxygen atoms in total. The molecule has 0 aliphatic carbocycles. The van der Waals surface area contributed by atoms with Gasteiger partial charge in [0.1, 0.15) is 15.7 Å². The van der Waals surface area contributed by atoms with Gasteiger partial charge in [0.2, 0.25) is 0 Å². The Morgan fingerprint density at radius 1 is 1.29 bits per heavy atom. The van der Waals surface area contributed by atoms with Crippen LogP contribution in [0.2, 0.25) is 0 Å². The zero-order valence-electron chi connectivity index (χ0n) is 11.2. The summed E-state index contributed by atoms with van der Waals surface area (Å²) in [6, 6.07) is 2.49. The molecular formula is C11H13ClFNO5S2. The molecule has 0 atom stereocenters. The van der Waals surface area contributed by atoms with Gasteiger partial charge in [-0.1, -0.05) is 0 Å². The summed E-state index contributed by atoms with van der Waals surface area (Å²) in [7, 11) is -1.05. The fourth-order valence-electron chi connectivity index (χ4n) is 1.49. The maximum atomic E-state index is 13.2. The van der Waals surface area contributed by atoms with E-state index in [0.29, 0.717) is 0 Å². The minimum absolute atomic E-state index is 0.157. The normalized spacial score (nSPS) is 12.2. The molecule has 118 valence electrons. The second kappa shape index (κ2) is 6.29. The van der Waals surface area contributed by atoms with E-state index in [1.54, 1.807) is 0 Å². The van der Waals surface area contributed by atoms with Crippen molar-refractivity contribution in [1.82, 2.24) is 4.90 Å². The second-order valence-electron chi connectivity index (χ2n) is 4.43. The molecule has 1 aromatic rings. The molecule has 1 rings (SSSR count). The molecular weight excluding hydrogens is 345 g/mol. The van der Waals surface area contributed by atoms with E-state index in [1.165, 1.54) is 7.05 Å². The van der Waals surface area contributed by atoms with Crippen LogP contribution in [0.15, 0.2) is 23.1 Å². The lowest BCUT2D eigenvalue weighted by molar-refractivity contribution is 0.0799. The van der Waals surface area contributed by atoms with Crippen LogP contribution in [0.4, 0.5) is 4.39 Å². The van der Waals surface area contributed by atoms with Crippen LogP contribution < -0.4 is 0 Å². The highest BCUT2D eigenvalue weighted by molar-refractivity contribution is 8.13. The molecule has 0 unspecified atom stereocenters. The number of hydrogen-bond donors (Lipinski definition) is 0. The number of hydrogen-bond acceptors (Lipinski definition) is 5. The Morgan fingerprint density at radius 2 is 1.86 bits per heavy atom. The summed E-state index contributed by atoms with van der Waals surface area (Å²) >= 11 is 0. The predicted molar refractivity (Wildman–Crippen MR) is 76.1 cm³/mol. The Hall–Kier alpha value is -1.19. The summed E-state index contributed by atoms with van der Waals surface area (Å²) < 4.78 is 58.1. The molecule has 0 spiro atoms. The Balaban J connectivity index is 3.15. The van der Waals surface area contributed by atoms with Gasteiger partial charge in [0.25, 0.3) is 15.0 Å². The van der Waals surface area contributed by atoms with Gasteiger partial charge in [0.15, 0.2) is 0 Å². The third-order valence-electron chi connectivity index (χ3n) is 2.58. The lowest BCUT2D eigenvalue weighted by Gasteiger charge is -2.18. The van der Waals surface area contributed by atoms with E-state index in [0.717, 1.165) is 29.4 Å². The first kappa shape index (κ1) is 17.9. The van der Waals surface area contributed by atoms with Crippen molar-refractivity contribution in [1.29, 1.82) is 0 Å². The number of carbonyl (C=O) groups excluding carboxylic acids is 1. The van der Waals surface area contributed by atoms with Crippen LogP contribution in [0.1, 0.15) is 10.4 Å². The van der Waals surface area contributed by atoms with Crippen molar-refractivity contribution in [2.75, 3.05) is 25.6 Å². The van der Waals surface area contributed by atoms with Gasteiger partial charge in [0.05, 0.1) is 16.2 Å². The molecule has 1 amide bonds. The molecule has 0 N–H and O–H groups in total. The number of nitrogens with zero attached hydrogens (tertiary/aromatic N) is 1. The topological polar surface area (TPSA) is 88.6 Å². The first-order valence-corrected chi connectivity index (χ1v) is 9.96. The molecule has 0 heterocycles. The van der Waals surface area contributed by atoms with Crippen molar-refractivity contribution >= 4 is 35.5 Å². The van der Waals surface area contributed by atoms with Crippen molar-refractivity contribution < 1.29 is 26.0 Å². The number of amides is 1. The van der Waals surface area contributed by atoms with Gasteiger partial charge in [-0.05, 0) is 18.2 Å². The van der Waals surface area contributed by atoms with Crippen molar-refractivity contribution in [3.8, 4) is 0 Å². The number of halogens is 2. The van der Waals surface area contributed by atoms with Crippen molar-refractivity contribution in [3.63, 3.8) is 0 Å². The monoisotopic (exact) mass is 357 g/mol. The minimum atomic E-state index is -4.23. The molecule has 0 saturated carbocycles. The van der Waals surface area contributed by atoms with Gasteiger partial charge in [-0.2, -0.15) is 0 Å². The summed E-state index contributed by atoms with van der Waals surface area (Å²) in [4.78, 5) is 12.6. The van der Waals surface area contributed by atoms with Crippen LogP contribution in [0.3, 0.4) is 0 Å². The zero-order chi connectivity index (χ0) is 16.4. The van der Waals surface area contributed by atoms with Gasteiger partial charge in [-0.15, -0.1) is 0 Å². The first-order valence-electron chi connectivity index (χ1n) is 5.59. The van der Waals surface area contributed by atoms with Crippen molar-refractivity contribution in [2.45, 2.75) is 4.90 Å². The molecule has 21 heavy (non-hydrogen) atoms. The Labute approximate surface area is 126 Å². The molecule has 0 aliphatic heterocycles. The Kier molecular flexibility index (Phi) is 5.35. The standard InChI is InChI=1S/C11H13ClFNO5S2/c1-14(5-6-20(2,16)17)11(15)9-7-8(13)3-4-10(9)21(12,18)19/h3-4,7H,5-6H2,1-2H3. The van der Waals surface area contributed by atoms with Crippen LogP contribution in [0.25, 0.3) is 0 Å². The molecule has 0 bridgehead atoms. The molecule has 0 radical (unpaired) electrons. The lowest BCUT2D eigenvalue weighted by Crippen LogP contribution is -2.32. The minimum Gasteiger partial charge on any atom is -0.341 e. The predicted octanol–water partition coefficient (Wildman–Crippen LogP) is 0.870. The van der Waals surface area contributed by atoms with E-state index < -0.39 is 41.1 Å². The number of carbonyl (C=O) groups is 1. The highest BCUT2D eigenvalue weighted by Gasteiger charge is 2.24. The van der Waals surface area contributed by atoms with Crippen LogP contribution in [-0.4, -0.2) is 53.2 Å². The molecule has 0 saturated heterocycles. The SMILES string of the molecule is CN(CCS(C)(=O)=O)C(=O)c1cc(F)ccc1S(=O)(=O)Cl. The smallest absolute Gasteiger partial charge is 0.262 e. The Bertz CT molecular complexity index is 761. The van der Waals surface area contributed by atoms with Gasteiger partial charge in [-0.25, -0.2) is 21.2 Å². The fraction of sp³-hybridized carbons (Fsp3) is 0.364. The molecule has 10 heteroatoms. The molecule has 1 aromatic carbocycles. The summed E-state index contributed by atoms with van der Waals surface area (Å²) in [5.41, 5.74) is -0.444. The summed E-state index contributed by atoms with van der Waals surface area (Å²) in [5.74, 6) is -1.94. The Morgan fingerprint density at radius 3 is 2.33 bits per heavy atom. The lowest BCUT2D eigenvalue weighted by atomic mass is 10.2. The highest BCUT2D eigenvalue weighted by atomic mass is 35.7. The van der Waals surface area contributed by atoms with Crippen LogP contribution >= 0.6 is 10.7 Å². The molecule has 0 aromatic heterocycles. The van der Waals surface area contributed by atoms with Gasteiger partial charge in [0, 0.05) is 30.5 Å². The largest absolute Gasteiger partial charge is 0.341 e. The maximum absolute atomic E-state index is 13.2. The van der Waals surface area contributed by atoms with Crippen molar-refractivity contribution in [3.05, 3.63) is 29.6 Å². The average molecular weight is 358 g/mol. The molecule has 0 fully saturated rings. The third kappa shape index (κ3) is 5.25. The second-order valence-corrected chi connectivity index (χ2v) is 9.23. The van der Waals surface area contributed by atoms with E-state index in [9.17, 15) is 26.0 Å². The van der Waals surface area contributed by atoms with Crippen LogP contribution in [0, 0.1) is 5.82 Å². The van der Waals surface area contributed by atoms with Crippen LogP contribution in [-0.2, 0) is 18.9 Å². The summed E-state index contributed by atoms with van der Waals surface area (Å²) in [6.07, 6.45) is 1.00.